The van der Waals surface area contributed by atoms with Crippen LogP contribution >= 0.6 is 0 Å². The molecule has 1 rings (SSSR count). The third kappa shape index (κ3) is 4.27. The van der Waals surface area contributed by atoms with Crippen molar-refractivity contribution in [3.63, 3.8) is 0 Å². The highest BCUT2D eigenvalue weighted by molar-refractivity contribution is 4.95. The van der Waals surface area contributed by atoms with Crippen LogP contribution in [-0.2, 0) is 0 Å². The molecule has 0 bridgehead atoms. The zero-order valence-electron chi connectivity index (χ0n) is 11.6. The van der Waals surface area contributed by atoms with Gasteiger partial charge < -0.3 is 10.2 Å². The predicted octanol–water partition coefficient (Wildman–Crippen LogP) is 0.760. The Morgan fingerprint density at radius 1 is 1.47 bits per heavy atom. The van der Waals surface area contributed by atoms with Gasteiger partial charge >= 0.3 is 0 Å². The van der Waals surface area contributed by atoms with Crippen molar-refractivity contribution in [3.05, 3.63) is 0 Å². The summed E-state index contributed by atoms with van der Waals surface area (Å²) in [6.45, 7) is 8.39. The van der Waals surface area contributed by atoms with Crippen LogP contribution in [0.5, 0.6) is 0 Å². The molecule has 0 radical (unpaired) electrons. The second-order valence-corrected chi connectivity index (χ2v) is 5.36. The Labute approximate surface area is 106 Å². The van der Waals surface area contributed by atoms with Crippen molar-refractivity contribution >= 4 is 0 Å². The molecule has 0 saturated carbocycles. The molecule has 0 aromatic rings. The number of nitrogens with one attached hydrogen (secondary N) is 1. The minimum absolute atomic E-state index is 0.0249. The molecule has 3 atom stereocenters. The van der Waals surface area contributed by atoms with Crippen LogP contribution in [0.3, 0.4) is 0 Å². The van der Waals surface area contributed by atoms with Gasteiger partial charge in [-0.2, -0.15) is 5.26 Å². The molecule has 17 heavy (non-hydrogen) atoms. The second kappa shape index (κ2) is 6.95. The third-order valence-electron chi connectivity index (χ3n) is 3.55. The van der Waals surface area contributed by atoms with E-state index in [4.69, 9.17) is 5.26 Å². The molecule has 3 unspecified atom stereocenters. The first-order valence-electron chi connectivity index (χ1n) is 6.60. The summed E-state index contributed by atoms with van der Waals surface area (Å²) >= 11 is 0. The highest BCUT2D eigenvalue weighted by atomic mass is 15.2. The molecular formula is C13H26N4. The van der Waals surface area contributed by atoms with Gasteiger partial charge in [0.15, 0.2) is 0 Å². The van der Waals surface area contributed by atoms with Crippen molar-refractivity contribution in [1.29, 1.82) is 5.26 Å². The molecule has 0 spiro atoms. The van der Waals surface area contributed by atoms with E-state index in [1.54, 1.807) is 0 Å². The molecule has 1 fully saturated rings. The van der Waals surface area contributed by atoms with Gasteiger partial charge in [0, 0.05) is 25.7 Å². The molecule has 0 aromatic heterocycles. The largest absolute Gasteiger partial charge is 0.305 e. The topological polar surface area (TPSA) is 42.3 Å². The van der Waals surface area contributed by atoms with E-state index in [0.717, 1.165) is 32.6 Å². The Bertz CT molecular complexity index is 259. The molecule has 1 N–H and O–H groups in total. The first-order chi connectivity index (χ1) is 8.08. The lowest BCUT2D eigenvalue weighted by Crippen LogP contribution is -2.41. The molecule has 0 aromatic carbocycles. The number of hydrogen-bond acceptors (Lipinski definition) is 4. The average molecular weight is 238 g/mol. The van der Waals surface area contributed by atoms with Crippen LogP contribution in [0.4, 0.5) is 0 Å². The summed E-state index contributed by atoms with van der Waals surface area (Å²) in [5, 5.41) is 12.4. The minimum atomic E-state index is -0.0249. The maximum Gasteiger partial charge on any atom is 0.108 e. The lowest BCUT2D eigenvalue weighted by molar-refractivity contribution is 0.248. The van der Waals surface area contributed by atoms with E-state index in [9.17, 15) is 0 Å². The van der Waals surface area contributed by atoms with Crippen molar-refractivity contribution in [2.75, 3.05) is 40.3 Å². The highest BCUT2D eigenvalue weighted by Gasteiger charge is 2.31. The maximum absolute atomic E-state index is 9.10. The van der Waals surface area contributed by atoms with Crippen LogP contribution in [0.15, 0.2) is 0 Å². The van der Waals surface area contributed by atoms with Gasteiger partial charge in [-0.3, -0.25) is 4.90 Å². The monoisotopic (exact) mass is 238 g/mol. The molecule has 4 nitrogen and oxygen atoms in total. The van der Waals surface area contributed by atoms with E-state index in [1.807, 2.05) is 0 Å². The van der Waals surface area contributed by atoms with Crippen molar-refractivity contribution in [2.24, 2.45) is 5.92 Å². The van der Waals surface area contributed by atoms with E-state index < -0.39 is 0 Å². The van der Waals surface area contributed by atoms with Crippen LogP contribution in [-0.4, -0.2) is 62.2 Å². The molecule has 1 heterocycles. The van der Waals surface area contributed by atoms with Gasteiger partial charge in [-0.25, -0.2) is 0 Å². The highest BCUT2D eigenvalue weighted by Crippen LogP contribution is 2.19. The third-order valence-corrected chi connectivity index (χ3v) is 3.55. The number of nitriles is 1. The summed E-state index contributed by atoms with van der Waals surface area (Å²) in [5.41, 5.74) is 0. The zero-order chi connectivity index (χ0) is 12.8. The minimum Gasteiger partial charge on any atom is -0.305 e. The fourth-order valence-electron chi connectivity index (χ4n) is 2.60. The second-order valence-electron chi connectivity index (χ2n) is 5.36. The predicted molar refractivity (Wildman–Crippen MR) is 70.8 cm³/mol. The Morgan fingerprint density at radius 2 is 2.18 bits per heavy atom. The van der Waals surface area contributed by atoms with E-state index in [2.05, 4.69) is 49.1 Å². The molecule has 1 aliphatic heterocycles. The smallest absolute Gasteiger partial charge is 0.108 e. The Hall–Kier alpha value is -0.630. The van der Waals surface area contributed by atoms with Gasteiger partial charge in [0.1, 0.15) is 6.04 Å². The molecule has 0 amide bonds. The number of nitrogens with zero attached hydrogens (tertiary/aromatic N) is 3. The number of likely N-dealkylation sites (N-methyl/N-ethyl adjacent to an activating group) is 1. The zero-order valence-corrected chi connectivity index (χ0v) is 11.6. The van der Waals surface area contributed by atoms with Crippen molar-refractivity contribution < 1.29 is 0 Å². The van der Waals surface area contributed by atoms with Crippen LogP contribution in [0.1, 0.15) is 20.3 Å². The quantitative estimate of drug-likeness (QED) is 0.742. The lowest BCUT2D eigenvalue weighted by Gasteiger charge is -2.23. The van der Waals surface area contributed by atoms with Crippen molar-refractivity contribution in [1.82, 2.24) is 15.1 Å². The molecule has 1 aliphatic rings. The summed E-state index contributed by atoms with van der Waals surface area (Å²) in [7, 11) is 4.28. The summed E-state index contributed by atoms with van der Waals surface area (Å²) in [5.74, 6) is 0.690. The van der Waals surface area contributed by atoms with Crippen LogP contribution in [0.2, 0.25) is 0 Å². The van der Waals surface area contributed by atoms with Gasteiger partial charge in [-0.1, -0.05) is 13.8 Å². The lowest BCUT2D eigenvalue weighted by atomic mass is 10.1. The van der Waals surface area contributed by atoms with E-state index in [-0.39, 0.29) is 6.04 Å². The maximum atomic E-state index is 9.10. The molecular weight excluding hydrogens is 212 g/mol. The normalized spacial score (nSPS) is 27.3. The molecule has 4 heteroatoms. The molecule has 1 saturated heterocycles. The van der Waals surface area contributed by atoms with Crippen LogP contribution in [0, 0.1) is 17.2 Å². The summed E-state index contributed by atoms with van der Waals surface area (Å²) in [6.07, 6.45) is 1.08. The fourth-order valence-corrected chi connectivity index (χ4v) is 2.60. The van der Waals surface area contributed by atoms with Crippen molar-refractivity contribution in [3.8, 4) is 6.07 Å². The van der Waals surface area contributed by atoms with Gasteiger partial charge in [0.05, 0.1) is 6.07 Å². The Kier molecular flexibility index (Phi) is 5.90. The molecule has 0 aliphatic carbocycles. The SMILES string of the molecule is CCCNC(C#N)CN1CC(C)C(N(C)C)C1. The Morgan fingerprint density at radius 3 is 2.65 bits per heavy atom. The van der Waals surface area contributed by atoms with E-state index in [1.165, 1.54) is 0 Å². The van der Waals surface area contributed by atoms with E-state index in [0.29, 0.717) is 12.0 Å². The van der Waals surface area contributed by atoms with Gasteiger partial charge in [0.2, 0.25) is 0 Å². The molecule has 98 valence electrons. The summed E-state index contributed by atoms with van der Waals surface area (Å²) < 4.78 is 0. The fraction of sp³-hybridized carbons (Fsp3) is 0.923. The summed E-state index contributed by atoms with van der Waals surface area (Å²) in [4.78, 5) is 4.71. The first-order valence-corrected chi connectivity index (χ1v) is 6.60. The summed E-state index contributed by atoms with van der Waals surface area (Å²) in [6, 6.07) is 2.96. The first kappa shape index (κ1) is 14.4. The van der Waals surface area contributed by atoms with Crippen LogP contribution < -0.4 is 5.32 Å². The number of rotatable bonds is 6. The average Bonchev–Trinajstić information content (AvgIpc) is 2.65. The Balaban J connectivity index is 2.40. The van der Waals surface area contributed by atoms with Gasteiger partial charge in [0.25, 0.3) is 0 Å². The van der Waals surface area contributed by atoms with Crippen LogP contribution in [0.25, 0.3) is 0 Å². The number of likely N-dealkylation sites (tertiary alicyclic amines) is 1. The van der Waals surface area contributed by atoms with Gasteiger partial charge in [-0.05, 0) is 33.0 Å². The standard InChI is InChI=1S/C13H26N4/c1-5-6-15-12(7-14)9-17-8-11(2)13(10-17)16(3)4/h11-13,15H,5-6,8-10H2,1-4H3. The van der Waals surface area contributed by atoms with Gasteiger partial charge in [-0.15, -0.1) is 0 Å². The number of hydrogen-bond donors (Lipinski definition) is 1. The van der Waals surface area contributed by atoms with E-state index >= 15 is 0 Å². The van der Waals surface area contributed by atoms with Crippen molar-refractivity contribution in [2.45, 2.75) is 32.4 Å².